The summed E-state index contributed by atoms with van der Waals surface area (Å²) < 4.78 is 53.9. The van der Waals surface area contributed by atoms with Crippen LogP contribution in [-0.4, -0.2) is 70.0 Å². The first-order valence-electron chi connectivity index (χ1n) is 15.5. The van der Waals surface area contributed by atoms with Gasteiger partial charge in [0.25, 0.3) is 5.91 Å². The third-order valence-corrected chi connectivity index (χ3v) is 7.17. The molecular formula is C35H39F3N6O3. The first kappa shape index (κ1) is 35.1. The average molecular weight is 649 g/mol. The number of morpholine rings is 1. The molecule has 4 aromatic rings. The number of carbonyl (C=O) groups is 1. The maximum atomic E-state index is 13.9. The Hall–Kier alpha value is -4.81. The predicted octanol–water partition coefficient (Wildman–Crippen LogP) is 4.97. The minimum atomic E-state index is -4.68. The molecular weight excluding hydrogens is 609 g/mol. The van der Waals surface area contributed by atoms with Crippen molar-refractivity contribution in [3.8, 4) is 17.1 Å². The van der Waals surface area contributed by atoms with Crippen LogP contribution in [0.15, 0.2) is 85.3 Å². The quantitative estimate of drug-likeness (QED) is 0.274. The van der Waals surface area contributed by atoms with E-state index in [4.69, 9.17) is 9.47 Å². The van der Waals surface area contributed by atoms with Crippen molar-refractivity contribution >= 4 is 17.4 Å². The van der Waals surface area contributed by atoms with Crippen molar-refractivity contribution in [3.05, 3.63) is 107 Å². The molecule has 0 atom stereocenters. The number of halogens is 3. The molecule has 0 aliphatic carbocycles. The highest BCUT2D eigenvalue weighted by atomic mass is 19.4. The van der Waals surface area contributed by atoms with Crippen LogP contribution in [0.2, 0.25) is 0 Å². The number of pyridine rings is 2. The fourth-order valence-corrected chi connectivity index (χ4v) is 4.87. The molecule has 4 heterocycles. The first-order chi connectivity index (χ1) is 22.7. The normalized spacial score (nSPS) is 15.0. The molecule has 5 rings (SSSR count). The number of hydrogen-bond acceptors (Lipinski definition) is 7. The zero-order valence-electron chi connectivity index (χ0n) is 26.9. The predicted molar refractivity (Wildman–Crippen MR) is 175 cm³/mol. The monoisotopic (exact) mass is 648 g/mol. The van der Waals surface area contributed by atoms with E-state index < -0.39 is 17.8 Å². The highest BCUT2D eigenvalue weighted by molar-refractivity contribution is 5.97. The minimum absolute atomic E-state index is 0.0834. The van der Waals surface area contributed by atoms with Gasteiger partial charge in [-0.05, 0) is 50.3 Å². The van der Waals surface area contributed by atoms with Crippen molar-refractivity contribution in [1.82, 2.24) is 30.0 Å². The number of allylic oxidation sites excluding steroid dienone is 1. The van der Waals surface area contributed by atoms with Crippen molar-refractivity contribution in [2.24, 2.45) is 0 Å². The van der Waals surface area contributed by atoms with Gasteiger partial charge in [0.1, 0.15) is 12.4 Å². The van der Waals surface area contributed by atoms with E-state index in [0.29, 0.717) is 36.8 Å². The SMILES string of the molecule is CC.C\C=C/C(OCCN1CCOCC1)=c1/cccc/c1=C(/C)NC(=O)c1ccc(-n2nc(-c3cccnc3)cc2C(F)(F)F)nc1. The van der Waals surface area contributed by atoms with Gasteiger partial charge in [0.05, 0.1) is 24.5 Å². The van der Waals surface area contributed by atoms with E-state index in [2.05, 4.69) is 25.3 Å². The van der Waals surface area contributed by atoms with Crippen LogP contribution >= 0.6 is 0 Å². The maximum absolute atomic E-state index is 13.9. The molecule has 47 heavy (non-hydrogen) atoms. The topological polar surface area (TPSA) is 94.4 Å². The number of ether oxygens (including phenoxy) is 2. The highest BCUT2D eigenvalue weighted by Crippen LogP contribution is 2.33. The van der Waals surface area contributed by atoms with Gasteiger partial charge in [-0.25, -0.2) is 9.67 Å². The van der Waals surface area contributed by atoms with Gasteiger partial charge in [0.15, 0.2) is 11.5 Å². The Morgan fingerprint density at radius 3 is 2.43 bits per heavy atom. The second kappa shape index (κ2) is 16.7. The summed E-state index contributed by atoms with van der Waals surface area (Å²) in [6.45, 7) is 12.1. The summed E-state index contributed by atoms with van der Waals surface area (Å²) in [5, 5.41) is 8.60. The van der Waals surface area contributed by atoms with Crippen LogP contribution in [0, 0.1) is 0 Å². The van der Waals surface area contributed by atoms with E-state index in [-0.39, 0.29) is 17.1 Å². The van der Waals surface area contributed by atoms with Gasteiger partial charge in [0, 0.05) is 59.9 Å². The molecule has 1 aliphatic heterocycles. The summed E-state index contributed by atoms with van der Waals surface area (Å²) in [5.41, 5.74) is 0.282. The first-order valence-corrected chi connectivity index (χ1v) is 15.5. The lowest BCUT2D eigenvalue weighted by atomic mass is 10.1. The van der Waals surface area contributed by atoms with Crippen LogP contribution in [-0.2, 0) is 15.7 Å². The summed E-state index contributed by atoms with van der Waals surface area (Å²) in [7, 11) is 0. The zero-order valence-corrected chi connectivity index (χ0v) is 26.9. The summed E-state index contributed by atoms with van der Waals surface area (Å²) in [4.78, 5) is 23.6. The summed E-state index contributed by atoms with van der Waals surface area (Å²) in [5.74, 6) is 0.126. The number of amides is 1. The second-order valence-corrected chi connectivity index (χ2v) is 10.3. The van der Waals surface area contributed by atoms with E-state index in [9.17, 15) is 18.0 Å². The molecule has 1 fully saturated rings. The molecule has 3 aromatic heterocycles. The van der Waals surface area contributed by atoms with Crippen molar-refractivity contribution in [2.45, 2.75) is 33.9 Å². The standard InChI is InChI=1S/C33H33F3N6O3.C2H6/c1-3-7-29(45-19-16-41-14-17-44-18-15-41)27-10-5-4-9-26(27)23(2)39-32(43)25-11-12-31(38-22-25)42-30(33(34,35)36)20-28(40-42)24-8-6-13-37-21-24;1-2/h3-13,20-22H,14-19H2,1-2H3,(H,39,43);1-2H3/b7-3-,26-23+,29-27+;. The Labute approximate surface area is 272 Å². The van der Waals surface area contributed by atoms with Gasteiger partial charge in [-0.3, -0.25) is 14.7 Å². The van der Waals surface area contributed by atoms with E-state index in [1.165, 1.54) is 30.7 Å². The Morgan fingerprint density at radius 2 is 1.79 bits per heavy atom. The molecule has 1 saturated heterocycles. The van der Waals surface area contributed by atoms with Gasteiger partial charge in [-0.15, -0.1) is 0 Å². The number of carbonyl (C=O) groups excluding carboxylic acids is 1. The smallest absolute Gasteiger partial charge is 0.433 e. The molecule has 12 heteroatoms. The molecule has 1 aromatic carbocycles. The third-order valence-electron chi connectivity index (χ3n) is 7.17. The van der Waals surface area contributed by atoms with Gasteiger partial charge < -0.3 is 14.8 Å². The number of alkyl halides is 3. The number of rotatable bonds is 9. The Morgan fingerprint density at radius 1 is 1.04 bits per heavy atom. The Balaban J connectivity index is 0.00000245. The largest absolute Gasteiger partial charge is 0.492 e. The number of nitrogens with one attached hydrogen (secondary N) is 1. The van der Waals surface area contributed by atoms with Gasteiger partial charge >= 0.3 is 6.18 Å². The van der Waals surface area contributed by atoms with E-state index in [1.54, 1.807) is 19.1 Å². The third kappa shape index (κ3) is 9.14. The van der Waals surface area contributed by atoms with Crippen molar-refractivity contribution < 1.29 is 27.4 Å². The van der Waals surface area contributed by atoms with Crippen molar-refractivity contribution in [2.75, 3.05) is 39.5 Å². The fraction of sp³-hybridized carbons (Fsp3) is 0.314. The number of aromatic nitrogens is 4. The lowest BCUT2D eigenvalue weighted by molar-refractivity contribution is -0.142. The molecule has 0 saturated carbocycles. The molecule has 0 unspecified atom stereocenters. The fourth-order valence-electron chi connectivity index (χ4n) is 4.87. The lowest BCUT2D eigenvalue weighted by Gasteiger charge is -2.26. The zero-order chi connectivity index (χ0) is 33.8. The van der Waals surface area contributed by atoms with Gasteiger partial charge in [0.2, 0.25) is 0 Å². The van der Waals surface area contributed by atoms with Crippen LogP contribution in [0.25, 0.3) is 28.5 Å². The Bertz CT molecular complexity index is 1760. The van der Waals surface area contributed by atoms with Crippen molar-refractivity contribution in [3.63, 3.8) is 0 Å². The van der Waals surface area contributed by atoms with Crippen LogP contribution in [0.4, 0.5) is 13.2 Å². The lowest BCUT2D eigenvalue weighted by Crippen LogP contribution is -2.38. The number of hydrogen-bond donors (Lipinski definition) is 1. The summed E-state index contributed by atoms with van der Waals surface area (Å²) in [6, 6.07) is 14.5. The van der Waals surface area contributed by atoms with Crippen LogP contribution in [0.1, 0.15) is 43.7 Å². The average Bonchev–Trinajstić information content (AvgIpc) is 3.57. The summed E-state index contributed by atoms with van der Waals surface area (Å²) in [6.07, 6.45) is 3.28. The molecule has 9 nitrogen and oxygen atoms in total. The molecule has 0 bridgehead atoms. The Kier molecular flexibility index (Phi) is 12.4. The van der Waals surface area contributed by atoms with Crippen LogP contribution in [0.3, 0.4) is 0 Å². The summed E-state index contributed by atoms with van der Waals surface area (Å²) >= 11 is 0. The molecule has 1 aliphatic rings. The van der Waals surface area contributed by atoms with Gasteiger partial charge in [-0.1, -0.05) is 44.2 Å². The van der Waals surface area contributed by atoms with E-state index in [1.807, 2.05) is 57.2 Å². The second-order valence-electron chi connectivity index (χ2n) is 10.3. The molecule has 0 radical (unpaired) electrons. The van der Waals surface area contributed by atoms with E-state index >= 15 is 0 Å². The maximum Gasteiger partial charge on any atom is 0.433 e. The molecule has 0 spiro atoms. The number of benzene rings is 1. The number of nitrogens with zero attached hydrogens (tertiary/aromatic N) is 5. The highest BCUT2D eigenvalue weighted by Gasteiger charge is 2.37. The van der Waals surface area contributed by atoms with Crippen LogP contribution < -0.4 is 15.8 Å². The van der Waals surface area contributed by atoms with E-state index in [0.717, 1.165) is 40.8 Å². The van der Waals surface area contributed by atoms with Crippen LogP contribution in [0.5, 0.6) is 0 Å². The molecule has 1 N–H and O–H groups in total. The molecule has 1 amide bonds. The van der Waals surface area contributed by atoms with Crippen molar-refractivity contribution in [1.29, 1.82) is 0 Å². The molecule has 248 valence electrons. The van der Waals surface area contributed by atoms with Gasteiger partial charge in [-0.2, -0.15) is 18.3 Å². The minimum Gasteiger partial charge on any atom is -0.492 e.